The van der Waals surface area contributed by atoms with Crippen molar-refractivity contribution >= 4 is 39.1 Å². The molecule has 4 nitrogen and oxygen atoms in total. The highest BCUT2D eigenvalue weighted by molar-refractivity contribution is 7.22. The zero-order valence-corrected chi connectivity index (χ0v) is 11.8. The lowest BCUT2D eigenvalue weighted by molar-refractivity contribution is 0.0858. The van der Waals surface area contributed by atoms with Gasteiger partial charge in [0.1, 0.15) is 0 Å². The van der Waals surface area contributed by atoms with Crippen molar-refractivity contribution in [1.29, 1.82) is 0 Å². The minimum atomic E-state index is -0.0816. The number of nitrogens with one attached hydrogen (secondary N) is 1. The van der Waals surface area contributed by atoms with Crippen LogP contribution in [-0.2, 0) is 4.74 Å². The van der Waals surface area contributed by atoms with Gasteiger partial charge >= 0.3 is 0 Å². The molecule has 0 unspecified atom stereocenters. The third kappa shape index (κ3) is 2.88. The second kappa shape index (κ2) is 5.45. The fraction of sp³-hybridized carbons (Fsp3) is 0.385. The van der Waals surface area contributed by atoms with E-state index in [1.807, 2.05) is 12.1 Å². The number of fused-ring (bicyclic) bond motifs is 1. The van der Waals surface area contributed by atoms with Crippen LogP contribution in [-0.4, -0.2) is 30.1 Å². The average molecular weight is 297 g/mol. The van der Waals surface area contributed by atoms with E-state index in [2.05, 4.69) is 10.3 Å². The Morgan fingerprint density at radius 1 is 1.58 bits per heavy atom. The van der Waals surface area contributed by atoms with E-state index in [0.29, 0.717) is 16.6 Å². The van der Waals surface area contributed by atoms with E-state index in [9.17, 15) is 4.79 Å². The fourth-order valence-electron chi connectivity index (χ4n) is 2.15. The van der Waals surface area contributed by atoms with Crippen LogP contribution in [0.1, 0.15) is 23.2 Å². The first-order valence-corrected chi connectivity index (χ1v) is 7.38. The van der Waals surface area contributed by atoms with Gasteiger partial charge < -0.3 is 10.1 Å². The maximum Gasteiger partial charge on any atom is 0.251 e. The van der Waals surface area contributed by atoms with Crippen molar-refractivity contribution in [2.75, 3.05) is 13.2 Å². The zero-order chi connectivity index (χ0) is 13.2. The largest absolute Gasteiger partial charge is 0.376 e. The predicted octanol–water partition coefficient (Wildman–Crippen LogP) is 2.86. The van der Waals surface area contributed by atoms with Crippen LogP contribution >= 0.6 is 22.9 Å². The van der Waals surface area contributed by atoms with Gasteiger partial charge in [-0.15, -0.1) is 11.3 Å². The highest BCUT2D eigenvalue weighted by Gasteiger charge is 2.17. The summed E-state index contributed by atoms with van der Waals surface area (Å²) in [5, 5.41) is 2.90. The smallest absolute Gasteiger partial charge is 0.251 e. The number of nitrogens with zero attached hydrogens (tertiary/aromatic N) is 1. The molecular weight excluding hydrogens is 284 g/mol. The number of carbonyl (C=O) groups excluding carboxylic acids is 1. The number of halogens is 1. The first kappa shape index (κ1) is 12.8. The number of hydrogen-bond acceptors (Lipinski definition) is 4. The lowest BCUT2D eigenvalue weighted by atomic mass is 10.2. The van der Waals surface area contributed by atoms with Crippen LogP contribution < -0.4 is 5.32 Å². The molecule has 1 aromatic heterocycles. The van der Waals surface area contributed by atoms with E-state index in [1.54, 1.807) is 6.07 Å². The summed E-state index contributed by atoms with van der Waals surface area (Å²) in [6, 6.07) is 5.41. The molecule has 1 saturated heterocycles. The average Bonchev–Trinajstić information content (AvgIpc) is 3.02. The van der Waals surface area contributed by atoms with Gasteiger partial charge in [0.2, 0.25) is 0 Å². The number of rotatable bonds is 3. The predicted molar refractivity (Wildman–Crippen MR) is 75.9 cm³/mol. The Hall–Kier alpha value is -1.17. The third-order valence-electron chi connectivity index (χ3n) is 3.14. The van der Waals surface area contributed by atoms with Crippen LogP contribution in [0.15, 0.2) is 18.2 Å². The van der Waals surface area contributed by atoms with Crippen molar-refractivity contribution in [2.45, 2.75) is 18.9 Å². The summed E-state index contributed by atoms with van der Waals surface area (Å²) in [5.41, 5.74) is 1.46. The number of amides is 1. The van der Waals surface area contributed by atoms with Crippen LogP contribution in [0.5, 0.6) is 0 Å². The summed E-state index contributed by atoms with van der Waals surface area (Å²) in [4.78, 5) is 16.2. The van der Waals surface area contributed by atoms with E-state index in [-0.39, 0.29) is 12.0 Å². The molecule has 0 radical (unpaired) electrons. The second-order valence-electron chi connectivity index (χ2n) is 4.49. The molecule has 0 bridgehead atoms. The summed E-state index contributed by atoms with van der Waals surface area (Å²) in [5.74, 6) is -0.0816. The maximum absolute atomic E-state index is 12.0. The Bertz CT molecular complexity index is 608. The molecule has 1 fully saturated rings. The number of aromatic nitrogens is 1. The molecule has 1 aromatic carbocycles. The van der Waals surface area contributed by atoms with Crippen LogP contribution in [0, 0.1) is 0 Å². The standard InChI is InChI=1S/C13H13ClN2O2S/c14-13-16-10-4-3-8(6-11(10)19-13)12(17)15-7-9-2-1-5-18-9/h3-4,6,9H,1-2,5,7H2,(H,15,17)/t9-/m0/s1. The molecule has 0 aliphatic carbocycles. The van der Waals surface area contributed by atoms with Crippen molar-refractivity contribution in [2.24, 2.45) is 0 Å². The summed E-state index contributed by atoms with van der Waals surface area (Å²) in [6.45, 7) is 1.37. The summed E-state index contributed by atoms with van der Waals surface area (Å²) < 4.78 is 6.89. The van der Waals surface area contributed by atoms with Gasteiger partial charge in [-0.3, -0.25) is 4.79 Å². The minimum absolute atomic E-state index is 0.0816. The molecule has 2 heterocycles. The molecule has 100 valence electrons. The van der Waals surface area contributed by atoms with Crippen molar-refractivity contribution in [1.82, 2.24) is 10.3 Å². The molecule has 3 rings (SSSR count). The summed E-state index contributed by atoms with van der Waals surface area (Å²) in [7, 11) is 0. The van der Waals surface area contributed by atoms with Gasteiger partial charge in [0.15, 0.2) is 4.47 Å². The van der Waals surface area contributed by atoms with Gasteiger partial charge in [-0.05, 0) is 31.0 Å². The van der Waals surface area contributed by atoms with Gasteiger partial charge in [0.05, 0.1) is 16.3 Å². The van der Waals surface area contributed by atoms with E-state index in [0.717, 1.165) is 29.7 Å². The van der Waals surface area contributed by atoms with Gasteiger partial charge in [0, 0.05) is 18.7 Å². The van der Waals surface area contributed by atoms with Crippen LogP contribution in [0.25, 0.3) is 10.2 Å². The molecule has 0 spiro atoms. The molecule has 19 heavy (non-hydrogen) atoms. The summed E-state index contributed by atoms with van der Waals surface area (Å²) in [6.07, 6.45) is 2.25. The van der Waals surface area contributed by atoms with Gasteiger partial charge in [-0.2, -0.15) is 0 Å². The number of hydrogen-bond donors (Lipinski definition) is 1. The lowest BCUT2D eigenvalue weighted by Crippen LogP contribution is -2.31. The van der Waals surface area contributed by atoms with Crippen LogP contribution in [0.3, 0.4) is 0 Å². The lowest BCUT2D eigenvalue weighted by Gasteiger charge is -2.10. The molecule has 1 aliphatic rings. The quantitative estimate of drug-likeness (QED) is 0.947. The number of ether oxygens (including phenoxy) is 1. The molecular formula is C13H13ClN2O2S. The van der Waals surface area contributed by atoms with E-state index in [1.165, 1.54) is 11.3 Å². The van der Waals surface area contributed by atoms with Gasteiger partial charge in [-0.25, -0.2) is 4.98 Å². The topological polar surface area (TPSA) is 51.2 Å². The monoisotopic (exact) mass is 296 g/mol. The zero-order valence-electron chi connectivity index (χ0n) is 10.2. The first-order chi connectivity index (χ1) is 9.22. The second-order valence-corrected chi connectivity index (χ2v) is 6.11. The van der Waals surface area contributed by atoms with Crippen molar-refractivity contribution in [3.63, 3.8) is 0 Å². The molecule has 6 heteroatoms. The molecule has 1 amide bonds. The van der Waals surface area contributed by atoms with Crippen molar-refractivity contribution in [3.05, 3.63) is 28.2 Å². The Morgan fingerprint density at radius 3 is 3.26 bits per heavy atom. The normalized spacial score (nSPS) is 18.9. The van der Waals surface area contributed by atoms with E-state index < -0.39 is 0 Å². The van der Waals surface area contributed by atoms with Gasteiger partial charge in [-0.1, -0.05) is 11.6 Å². The van der Waals surface area contributed by atoms with E-state index in [4.69, 9.17) is 16.3 Å². The molecule has 2 aromatic rings. The number of benzene rings is 1. The number of carbonyl (C=O) groups is 1. The SMILES string of the molecule is O=C(NC[C@@H]1CCCO1)c1ccc2nc(Cl)sc2c1. The molecule has 1 N–H and O–H groups in total. The Morgan fingerprint density at radius 2 is 2.47 bits per heavy atom. The minimum Gasteiger partial charge on any atom is -0.376 e. The highest BCUT2D eigenvalue weighted by atomic mass is 35.5. The molecule has 1 aliphatic heterocycles. The highest BCUT2D eigenvalue weighted by Crippen LogP contribution is 2.26. The third-order valence-corrected chi connectivity index (χ3v) is 4.26. The van der Waals surface area contributed by atoms with Crippen molar-refractivity contribution in [3.8, 4) is 0 Å². The molecule has 0 saturated carbocycles. The first-order valence-electron chi connectivity index (χ1n) is 6.18. The Balaban J connectivity index is 1.69. The van der Waals surface area contributed by atoms with Gasteiger partial charge in [0.25, 0.3) is 5.91 Å². The number of thiazole rings is 1. The molecule has 1 atom stereocenters. The Labute approximate surface area is 119 Å². The summed E-state index contributed by atoms with van der Waals surface area (Å²) >= 11 is 7.23. The van der Waals surface area contributed by atoms with Crippen LogP contribution in [0.2, 0.25) is 4.47 Å². The van der Waals surface area contributed by atoms with Crippen molar-refractivity contribution < 1.29 is 9.53 Å². The maximum atomic E-state index is 12.0. The van der Waals surface area contributed by atoms with E-state index >= 15 is 0 Å². The fourth-order valence-corrected chi connectivity index (χ4v) is 3.22. The van der Waals surface area contributed by atoms with Crippen LogP contribution in [0.4, 0.5) is 0 Å². The Kier molecular flexibility index (Phi) is 3.68.